The quantitative estimate of drug-likeness (QED) is 0.670. The molecule has 0 spiro atoms. The van der Waals surface area contributed by atoms with Gasteiger partial charge in [-0.25, -0.2) is 4.79 Å². The Balaban J connectivity index is 1.50. The number of fused-ring (bicyclic) bond motifs is 1. The van der Waals surface area contributed by atoms with Crippen LogP contribution in [0.1, 0.15) is 19.8 Å². The lowest BCUT2D eigenvalue weighted by atomic mass is 10.2. The molecule has 0 unspecified atom stereocenters. The highest BCUT2D eigenvalue weighted by atomic mass is 16.6. The fourth-order valence-corrected chi connectivity index (χ4v) is 3.02. The van der Waals surface area contributed by atoms with Crippen molar-refractivity contribution in [1.82, 2.24) is 0 Å². The lowest BCUT2D eigenvalue weighted by molar-refractivity contribution is -0.145. The third-order valence-electron chi connectivity index (χ3n) is 4.38. The number of rotatable bonds is 8. The molecular formula is C22H24N2O6. The fraction of sp³-hybridized carbons (Fsp3) is 0.318. The number of ether oxygens (including phenoxy) is 3. The Morgan fingerprint density at radius 2 is 1.93 bits per heavy atom. The summed E-state index contributed by atoms with van der Waals surface area (Å²) in [4.78, 5) is 37.9. The Labute approximate surface area is 174 Å². The molecule has 1 N–H and O–H groups in total. The minimum atomic E-state index is -0.463. The third-order valence-corrected chi connectivity index (χ3v) is 4.38. The first-order valence-electron chi connectivity index (χ1n) is 9.77. The van der Waals surface area contributed by atoms with Gasteiger partial charge in [-0.3, -0.25) is 9.59 Å². The summed E-state index contributed by atoms with van der Waals surface area (Å²) in [6.07, 6.45) is 0.130. The van der Waals surface area contributed by atoms with Gasteiger partial charge in [0.25, 0.3) is 0 Å². The van der Waals surface area contributed by atoms with E-state index in [1.54, 1.807) is 36.1 Å². The van der Waals surface area contributed by atoms with Crippen LogP contribution in [-0.2, 0) is 19.1 Å². The van der Waals surface area contributed by atoms with Crippen molar-refractivity contribution in [1.29, 1.82) is 0 Å². The summed E-state index contributed by atoms with van der Waals surface area (Å²) in [5.74, 6) is 0.220. The van der Waals surface area contributed by atoms with Gasteiger partial charge in [0.2, 0.25) is 11.8 Å². The van der Waals surface area contributed by atoms with Crippen molar-refractivity contribution in [2.75, 3.05) is 36.6 Å². The van der Waals surface area contributed by atoms with Crippen molar-refractivity contribution in [3.63, 3.8) is 0 Å². The summed E-state index contributed by atoms with van der Waals surface area (Å²) in [5.41, 5.74) is 1.24. The molecule has 1 aliphatic rings. The molecule has 0 aliphatic carbocycles. The number of nitrogens with zero attached hydrogens (tertiary/aromatic N) is 1. The number of carbonyl (C=O) groups excluding carboxylic acids is 3. The Hall–Kier alpha value is -3.55. The number of esters is 1. The normalized spacial score (nSPS) is 12.4. The summed E-state index contributed by atoms with van der Waals surface area (Å²) < 4.78 is 15.7. The molecule has 0 bridgehead atoms. The Bertz CT molecular complexity index is 914. The largest absolute Gasteiger partial charge is 0.490 e. The molecule has 30 heavy (non-hydrogen) atoms. The first kappa shape index (κ1) is 21.2. The SMILES string of the molecule is CCOC(=O)COc1cccc(NC(=O)CCC(=O)N2CCOc3ccccc32)c1. The van der Waals surface area contributed by atoms with Crippen LogP contribution in [0.5, 0.6) is 11.5 Å². The van der Waals surface area contributed by atoms with Crippen LogP contribution in [-0.4, -0.2) is 44.1 Å². The number of anilines is 2. The van der Waals surface area contributed by atoms with E-state index >= 15 is 0 Å². The van der Waals surface area contributed by atoms with Gasteiger partial charge >= 0.3 is 5.97 Å². The summed E-state index contributed by atoms with van der Waals surface area (Å²) in [6.45, 7) is 2.68. The van der Waals surface area contributed by atoms with Crippen molar-refractivity contribution in [2.45, 2.75) is 19.8 Å². The van der Waals surface area contributed by atoms with E-state index in [2.05, 4.69) is 5.32 Å². The topological polar surface area (TPSA) is 94.2 Å². The molecule has 0 saturated carbocycles. The van der Waals surface area contributed by atoms with Crippen molar-refractivity contribution in [3.05, 3.63) is 48.5 Å². The number of hydrogen-bond donors (Lipinski definition) is 1. The number of nitrogens with one attached hydrogen (secondary N) is 1. The van der Waals surface area contributed by atoms with E-state index in [1.807, 2.05) is 24.3 Å². The minimum absolute atomic E-state index is 0.0479. The van der Waals surface area contributed by atoms with Gasteiger partial charge in [-0.15, -0.1) is 0 Å². The van der Waals surface area contributed by atoms with Gasteiger partial charge in [0.15, 0.2) is 6.61 Å². The highest BCUT2D eigenvalue weighted by Gasteiger charge is 2.23. The molecule has 1 aliphatic heterocycles. The van der Waals surface area contributed by atoms with Crippen LogP contribution >= 0.6 is 0 Å². The van der Waals surface area contributed by atoms with E-state index in [-0.39, 0.29) is 37.9 Å². The third kappa shape index (κ3) is 5.73. The van der Waals surface area contributed by atoms with Crippen molar-refractivity contribution in [2.24, 2.45) is 0 Å². The van der Waals surface area contributed by atoms with Gasteiger partial charge < -0.3 is 24.4 Å². The molecule has 0 saturated heterocycles. The van der Waals surface area contributed by atoms with Gasteiger partial charge in [-0.1, -0.05) is 18.2 Å². The van der Waals surface area contributed by atoms with Crippen LogP contribution in [0, 0.1) is 0 Å². The van der Waals surface area contributed by atoms with Crippen LogP contribution < -0.4 is 19.7 Å². The van der Waals surface area contributed by atoms with Crippen molar-refractivity contribution < 1.29 is 28.6 Å². The zero-order valence-corrected chi connectivity index (χ0v) is 16.8. The fourth-order valence-electron chi connectivity index (χ4n) is 3.02. The predicted molar refractivity (Wildman–Crippen MR) is 111 cm³/mol. The van der Waals surface area contributed by atoms with Gasteiger partial charge in [0.1, 0.15) is 18.1 Å². The van der Waals surface area contributed by atoms with Crippen LogP contribution in [0.3, 0.4) is 0 Å². The average Bonchev–Trinajstić information content (AvgIpc) is 2.76. The Morgan fingerprint density at radius 3 is 2.77 bits per heavy atom. The molecule has 2 amide bonds. The maximum absolute atomic E-state index is 12.6. The summed E-state index contributed by atoms with van der Waals surface area (Å²) >= 11 is 0. The summed E-state index contributed by atoms with van der Waals surface area (Å²) in [6, 6.07) is 14.0. The zero-order chi connectivity index (χ0) is 21.3. The molecule has 1 heterocycles. The van der Waals surface area contributed by atoms with Gasteiger partial charge in [0, 0.05) is 24.6 Å². The van der Waals surface area contributed by atoms with E-state index in [0.29, 0.717) is 30.3 Å². The van der Waals surface area contributed by atoms with Crippen molar-refractivity contribution >= 4 is 29.2 Å². The van der Waals surface area contributed by atoms with Crippen LogP contribution in [0.4, 0.5) is 11.4 Å². The van der Waals surface area contributed by atoms with Gasteiger partial charge in [0.05, 0.1) is 18.8 Å². The number of carbonyl (C=O) groups is 3. The second-order valence-corrected chi connectivity index (χ2v) is 6.53. The van der Waals surface area contributed by atoms with Crippen LogP contribution in [0.15, 0.2) is 48.5 Å². The predicted octanol–water partition coefficient (Wildman–Crippen LogP) is 2.77. The van der Waals surface area contributed by atoms with E-state index in [1.165, 1.54) is 0 Å². The number of benzene rings is 2. The van der Waals surface area contributed by atoms with Crippen LogP contribution in [0.25, 0.3) is 0 Å². The molecule has 2 aromatic rings. The summed E-state index contributed by atoms with van der Waals surface area (Å²) in [7, 11) is 0. The molecule has 2 aromatic carbocycles. The number of para-hydroxylation sites is 2. The zero-order valence-electron chi connectivity index (χ0n) is 16.8. The molecular weight excluding hydrogens is 388 g/mol. The number of amides is 2. The van der Waals surface area contributed by atoms with Gasteiger partial charge in [-0.05, 0) is 31.2 Å². The molecule has 0 atom stereocenters. The monoisotopic (exact) mass is 412 g/mol. The average molecular weight is 412 g/mol. The number of hydrogen-bond acceptors (Lipinski definition) is 6. The first-order valence-corrected chi connectivity index (χ1v) is 9.77. The molecule has 8 nitrogen and oxygen atoms in total. The molecule has 8 heteroatoms. The summed E-state index contributed by atoms with van der Waals surface area (Å²) in [5, 5.41) is 2.74. The second-order valence-electron chi connectivity index (χ2n) is 6.53. The molecule has 0 fully saturated rings. The van der Waals surface area contributed by atoms with Crippen LogP contribution in [0.2, 0.25) is 0 Å². The highest BCUT2D eigenvalue weighted by Crippen LogP contribution is 2.31. The lowest BCUT2D eigenvalue weighted by Crippen LogP contribution is -2.38. The smallest absolute Gasteiger partial charge is 0.344 e. The van der Waals surface area contributed by atoms with Gasteiger partial charge in [-0.2, -0.15) is 0 Å². The Kier molecular flexibility index (Phi) is 7.26. The standard InChI is InChI=1S/C22H24N2O6/c1-2-28-22(27)15-30-17-7-5-6-16(14-17)23-20(25)10-11-21(26)24-12-13-29-19-9-4-3-8-18(19)24/h3-9,14H,2,10-13,15H2,1H3,(H,23,25). The maximum atomic E-state index is 12.6. The second kappa shape index (κ2) is 10.3. The van der Waals surface area contributed by atoms with E-state index in [4.69, 9.17) is 14.2 Å². The van der Waals surface area contributed by atoms with E-state index in [0.717, 1.165) is 5.69 Å². The maximum Gasteiger partial charge on any atom is 0.344 e. The molecule has 3 rings (SSSR count). The minimum Gasteiger partial charge on any atom is -0.490 e. The molecule has 0 radical (unpaired) electrons. The molecule has 0 aromatic heterocycles. The van der Waals surface area contributed by atoms with Crippen molar-refractivity contribution in [3.8, 4) is 11.5 Å². The van der Waals surface area contributed by atoms with E-state index in [9.17, 15) is 14.4 Å². The first-order chi connectivity index (χ1) is 14.6. The molecule has 158 valence electrons. The lowest BCUT2D eigenvalue weighted by Gasteiger charge is -2.29. The van der Waals surface area contributed by atoms with E-state index < -0.39 is 5.97 Å². The Morgan fingerprint density at radius 1 is 1.10 bits per heavy atom. The highest BCUT2D eigenvalue weighted by molar-refractivity contribution is 5.99.